The lowest BCUT2D eigenvalue weighted by molar-refractivity contribution is -0.147. The molecular formula is C16H21NO3. The van der Waals surface area contributed by atoms with Crippen LogP contribution in [0.25, 0.3) is 6.08 Å². The van der Waals surface area contributed by atoms with E-state index in [0.717, 1.165) is 11.1 Å². The van der Waals surface area contributed by atoms with Gasteiger partial charge in [0.05, 0.1) is 0 Å². The number of aryl methyl sites for hydroxylation is 1. The molecular weight excluding hydrogens is 254 g/mol. The topological polar surface area (TPSA) is 66.4 Å². The van der Waals surface area contributed by atoms with Crippen LogP contribution in [0, 0.1) is 6.92 Å². The van der Waals surface area contributed by atoms with Gasteiger partial charge < -0.3 is 10.4 Å². The molecule has 4 nitrogen and oxygen atoms in total. The number of hydrogen-bond acceptors (Lipinski definition) is 2. The fraction of sp³-hybridized carbons (Fsp3) is 0.375. The summed E-state index contributed by atoms with van der Waals surface area (Å²) in [5.74, 6) is -1.39. The van der Waals surface area contributed by atoms with Gasteiger partial charge in [-0.25, -0.2) is 4.79 Å². The highest BCUT2D eigenvalue weighted by Gasteiger charge is 2.35. The maximum absolute atomic E-state index is 11.9. The fourth-order valence-corrected chi connectivity index (χ4v) is 2.01. The maximum atomic E-state index is 11.9. The van der Waals surface area contributed by atoms with E-state index in [4.69, 9.17) is 0 Å². The van der Waals surface area contributed by atoms with Crippen molar-refractivity contribution >= 4 is 18.0 Å². The average molecular weight is 275 g/mol. The molecule has 0 aliphatic carbocycles. The van der Waals surface area contributed by atoms with E-state index in [-0.39, 0.29) is 0 Å². The molecule has 108 valence electrons. The van der Waals surface area contributed by atoms with Crippen molar-refractivity contribution in [2.45, 2.75) is 39.2 Å². The first-order valence-corrected chi connectivity index (χ1v) is 6.74. The Labute approximate surface area is 119 Å². The van der Waals surface area contributed by atoms with Crippen molar-refractivity contribution in [3.8, 4) is 0 Å². The van der Waals surface area contributed by atoms with Crippen molar-refractivity contribution in [2.24, 2.45) is 0 Å². The van der Waals surface area contributed by atoms with E-state index in [1.54, 1.807) is 19.9 Å². The summed E-state index contributed by atoms with van der Waals surface area (Å²) in [5.41, 5.74) is 0.831. The maximum Gasteiger partial charge on any atom is 0.329 e. The number of amides is 1. The summed E-state index contributed by atoms with van der Waals surface area (Å²) in [7, 11) is 0. The number of carboxylic acid groups (broad SMARTS) is 1. The molecule has 0 aliphatic rings. The van der Waals surface area contributed by atoms with E-state index < -0.39 is 17.4 Å². The minimum Gasteiger partial charge on any atom is -0.480 e. The summed E-state index contributed by atoms with van der Waals surface area (Å²) in [4.78, 5) is 23.2. The zero-order chi connectivity index (χ0) is 15.2. The number of nitrogens with one attached hydrogen (secondary N) is 1. The molecule has 0 saturated carbocycles. The van der Waals surface area contributed by atoms with Crippen LogP contribution in [0.3, 0.4) is 0 Å². The first kappa shape index (κ1) is 16.0. The standard InChI is InChI=1S/C16H21NO3/c1-4-16(5-2,15(19)20)17-14(18)10-9-13-8-6-7-12(3)11-13/h6-11H,4-5H2,1-3H3,(H,17,18)(H,19,20). The van der Waals surface area contributed by atoms with Crippen LogP contribution in [0.1, 0.15) is 37.8 Å². The Kier molecular flexibility index (Phi) is 5.50. The zero-order valence-corrected chi connectivity index (χ0v) is 12.1. The molecule has 2 N–H and O–H groups in total. The van der Waals surface area contributed by atoms with Crippen molar-refractivity contribution < 1.29 is 14.7 Å². The van der Waals surface area contributed by atoms with Crippen LogP contribution in [0.15, 0.2) is 30.3 Å². The largest absolute Gasteiger partial charge is 0.480 e. The summed E-state index contributed by atoms with van der Waals surface area (Å²) in [5, 5.41) is 11.8. The first-order valence-electron chi connectivity index (χ1n) is 6.74. The number of carboxylic acids is 1. The second kappa shape index (κ2) is 6.89. The van der Waals surface area contributed by atoms with Gasteiger partial charge in [-0.2, -0.15) is 0 Å². The van der Waals surface area contributed by atoms with E-state index in [1.165, 1.54) is 6.08 Å². The van der Waals surface area contributed by atoms with Gasteiger partial charge in [-0.3, -0.25) is 4.79 Å². The van der Waals surface area contributed by atoms with Crippen LogP contribution in [-0.2, 0) is 9.59 Å². The number of benzene rings is 1. The lowest BCUT2D eigenvalue weighted by atomic mass is 9.93. The van der Waals surface area contributed by atoms with Gasteiger partial charge in [0.2, 0.25) is 5.91 Å². The molecule has 0 bridgehead atoms. The summed E-state index contributed by atoms with van der Waals surface area (Å²) in [6.07, 6.45) is 3.75. The van der Waals surface area contributed by atoms with Crippen molar-refractivity contribution in [2.75, 3.05) is 0 Å². The van der Waals surface area contributed by atoms with Gasteiger partial charge in [-0.15, -0.1) is 0 Å². The van der Waals surface area contributed by atoms with Crippen LogP contribution in [-0.4, -0.2) is 22.5 Å². The Morgan fingerprint density at radius 3 is 2.45 bits per heavy atom. The lowest BCUT2D eigenvalue weighted by Gasteiger charge is -2.27. The van der Waals surface area contributed by atoms with E-state index >= 15 is 0 Å². The molecule has 1 amide bonds. The highest BCUT2D eigenvalue weighted by Crippen LogP contribution is 2.15. The number of hydrogen-bond donors (Lipinski definition) is 2. The molecule has 20 heavy (non-hydrogen) atoms. The van der Waals surface area contributed by atoms with E-state index in [1.807, 2.05) is 31.2 Å². The Morgan fingerprint density at radius 2 is 1.95 bits per heavy atom. The predicted molar refractivity (Wildman–Crippen MR) is 79.3 cm³/mol. The van der Waals surface area contributed by atoms with Crippen molar-refractivity contribution in [1.82, 2.24) is 5.32 Å². The Balaban J connectivity index is 2.79. The zero-order valence-electron chi connectivity index (χ0n) is 12.1. The number of aliphatic carboxylic acids is 1. The SMILES string of the molecule is CCC(CC)(NC(=O)C=Cc1cccc(C)c1)C(=O)O. The summed E-state index contributed by atoms with van der Waals surface area (Å²) in [6, 6.07) is 7.72. The van der Waals surface area contributed by atoms with Crippen LogP contribution < -0.4 is 5.32 Å². The second-order valence-corrected chi connectivity index (χ2v) is 4.83. The van der Waals surface area contributed by atoms with Gasteiger partial charge in [0, 0.05) is 6.08 Å². The third-order valence-electron chi connectivity index (χ3n) is 3.45. The van der Waals surface area contributed by atoms with Crippen molar-refractivity contribution in [3.05, 3.63) is 41.5 Å². The monoisotopic (exact) mass is 275 g/mol. The minimum atomic E-state index is -1.19. The van der Waals surface area contributed by atoms with E-state index in [0.29, 0.717) is 12.8 Å². The predicted octanol–water partition coefficient (Wildman–Crippen LogP) is 2.77. The minimum absolute atomic E-state index is 0.350. The highest BCUT2D eigenvalue weighted by molar-refractivity contribution is 5.95. The van der Waals surface area contributed by atoms with Gasteiger partial charge >= 0.3 is 5.97 Å². The van der Waals surface area contributed by atoms with E-state index in [9.17, 15) is 14.7 Å². The number of carbonyl (C=O) groups is 2. The third kappa shape index (κ3) is 3.95. The van der Waals surface area contributed by atoms with Gasteiger partial charge in [0.1, 0.15) is 5.54 Å². The quantitative estimate of drug-likeness (QED) is 0.784. The van der Waals surface area contributed by atoms with Crippen LogP contribution in [0.4, 0.5) is 0 Å². The lowest BCUT2D eigenvalue weighted by Crippen LogP contribution is -2.53. The van der Waals surface area contributed by atoms with Crippen molar-refractivity contribution in [1.29, 1.82) is 0 Å². The van der Waals surface area contributed by atoms with Crippen LogP contribution in [0.5, 0.6) is 0 Å². The molecule has 4 heteroatoms. The molecule has 0 aliphatic heterocycles. The second-order valence-electron chi connectivity index (χ2n) is 4.83. The Morgan fingerprint density at radius 1 is 1.30 bits per heavy atom. The van der Waals surface area contributed by atoms with Crippen LogP contribution in [0.2, 0.25) is 0 Å². The van der Waals surface area contributed by atoms with Gasteiger partial charge in [0.25, 0.3) is 0 Å². The average Bonchev–Trinajstić information content (AvgIpc) is 2.42. The molecule has 0 fully saturated rings. The van der Waals surface area contributed by atoms with Gasteiger partial charge in [0.15, 0.2) is 0 Å². The summed E-state index contributed by atoms with van der Waals surface area (Å²) >= 11 is 0. The first-order chi connectivity index (χ1) is 9.43. The summed E-state index contributed by atoms with van der Waals surface area (Å²) in [6.45, 7) is 5.48. The molecule has 0 saturated heterocycles. The molecule has 1 rings (SSSR count). The van der Waals surface area contributed by atoms with E-state index in [2.05, 4.69) is 5.32 Å². The third-order valence-corrected chi connectivity index (χ3v) is 3.45. The normalized spacial score (nSPS) is 11.6. The number of rotatable bonds is 6. The Bertz CT molecular complexity index is 516. The number of carbonyl (C=O) groups excluding carboxylic acids is 1. The van der Waals surface area contributed by atoms with Gasteiger partial charge in [-0.05, 0) is 31.4 Å². The fourth-order valence-electron chi connectivity index (χ4n) is 2.01. The molecule has 1 aromatic carbocycles. The Hall–Kier alpha value is -2.10. The van der Waals surface area contributed by atoms with Gasteiger partial charge in [-0.1, -0.05) is 43.7 Å². The molecule has 0 atom stereocenters. The molecule has 0 radical (unpaired) electrons. The van der Waals surface area contributed by atoms with Crippen molar-refractivity contribution in [3.63, 3.8) is 0 Å². The van der Waals surface area contributed by atoms with Crippen LogP contribution >= 0.6 is 0 Å². The highest BCUT2D eigenvalue weighted by atomic mass is 16.4. The smallest absolute Gasteiger partial charge is 0.329 e. The molecule has 1 aromatic rings. The molecule has 0 spiro atoms. The molecule has 0 heterocycles. The molecule has 0 unspecified atom stereocenters. The summed E-state index contributed by atoms with van der Waals surface area (Å²) < 4.78 is 0. The molecule has 0 aromatic heterocycles.